The quantitative estimate of drug-likeness (QED) is 0.703. The molecule has 0 radical (unpaired) electrons. The molecule has 0 aliphatic carbocycles. The van der Waals surface area contributed by atoms with Gasteiger partial charge in [0.2, 0.25) is 0 Å². The van der Waals surface area contributed by atoms with Crippen LogP contribution in [0, 0.1) is 0 Å². The molecule has 0 bridgehead atoms. The van der Waals surface area contributed by atoms with Crippen LogP contribution in [0.4, 0.5) is 0 Å². The van der Waals surface area contributed by atoms with E-state index in [0.717, 1.165) is 31.0 Å². The third-order valence-corrected chi connectivity index (χ3v) is 2.26. The van der Waals surface area contributed by atoms with Gasteiger partial charge in [-0.25, -0.2) is 0 Å². The molecule has 0 saturated heterocycles. The second-order valence-electron chi connectivity index (χ2n) is 4.04. The van der Waals surface area contributed by atoms with Gasteiger partial charge in [-0.05, 0) is 26.0 Å². The van der Waals surface area contributed by atoms with Crippen molar-refractivity contribution in [3.8, 4) is 5.75 Å². The second kappa shape index (κ2) is 8.03. The highest BCUT2D eigenvalue weighted by Crippen LogP contribution is 2.12. The van der Waals surface area contributed by atoms with Gasteiger partial charge in [0, 0.05) is 25.9 Å². The molecule has 17 heavy (non-hydrogen) atoms. The maximum Gasteiger partial charge on any atom is 0.123 e. The molecule has 0 fully saturated rings. The molecule has 1 aromatic heterocycles. The molecule has 0 saturated carbocycles. The zero-order valence-corrected chi connectivity index (χ0v) is 10.9. The molecule has 0 aliphatic heterocycles. The van der Waals surface area contributed by atoms with E-state index in [1.165, 1.54) is 0 Å². The van der Waals surface area contributed by atoms with Crippen LogP contribution in [-0.4, -0.2) is 31.3 Å². The van der Waals surface area contributed by atoms with Crippen molar-refractivity contribution in [2.75, 3.05) is 20.3 Å². The summed E-state index contributed by atoms with van der Waals surface area (Å²) in [5.41, 5.74) is 1.00. The zero-order valence-electron chi connectivity index (χ0n) is 10.9. The summed E-state index contributed by atoms with van der Waals surface area (Å²) in [4.78, 5) is 4.29. The summed E-state index contributed by atoms with van der Waals surface area (Å²) in [7, 11) is 1.67. The largest absolute Gasteiger partial charge is 0.488 e. The summed E-state index contributed by atoms with van der Waals surface area (Å²) in [6, 6.07) is 3.84. The van der Waals surface area contributed by atoms with Gasteiger partial charge in [-0.2, -0.15) is 0 Å². The van der Waals surface area contributed by atoms with Crippen molar-refractivity contribution in [2.24, 2.45) is 0 Å². The van der Waals surface area contributed by atoms with E-state index >= 15 is 0 Å². The van der Waals surface area contributed by atoms with Crippen LogP contribution in [0.2, 0.25) is 0 Å². The van der Waals surface area contributed by atoms with E-state index in [4.69, 9.17) is 9.47 Å². The Bertz CT molecular complexity index is 318. The fourth-order valence-electron chi connectivity index (χ4n) is 1.52. The highest BCUT2D eigenvalue weighted by atomic mass is 16.5. The molecule has 0 spiro atoms. The lowest BCUT2D eigenvalue weighted by Gasteiger charge is -2.14. The van der Waals surface area contributed by atoms with Crippen molar-refractivity contribution in [3.05, 3.63) is 24.0 Å². The number of nitrogens with zero attached hydrogens (tertiary/aromatic N) is 1. The van der Waals surface area contributed by atoms with Crippen molar-refractivity contribution in [1.29, 1.82) is 0 Å². The molecular weight excluding hydrogens is 216 g/mol. The van der Waals surface area contributed by atoms with Crippen LogP contribution in [0.15, 0.2) is 18.3 Å². The normalized spacial score (nSPS) is 12.4. The molecule has 4 heteroatoms. The Morgan fingerprint density at radius 3 is 3.00 bits per heavy atom. The molecule has 1 aromatic rings. The topological polar surface area (TPSA) is 43.4 Å². The van der Waals surface area contributed by atoms with Crippen LogP contribution >= 0.6 is 0 Å². The van der Waals surface area contributed by atoms with Crippen LogP contribution in [0.5, 0.6) is 5.75 Å². The van der Waals surface area contributed by atoms with Gasteiger partial charge in [-0.15, -0.1) is 0 Å². The molecule has 0 aliphatic rings. The van der Waals surface area contributed by atoms with E-state index in [2.05, 4.69) is 17.2 Å². The molecular formula is C13H22N2O2. The van der Waals surface area contributed by atoms with Gasteiger partial charge in [0.25, 0.3) is 0 Å². The lowest BCUT2D eigenvalue weighted by Crippen LogP contribution is -2.18. The number of nitrogens with one attached hydrogen (secondary N) is 1. The van der Waals surface area contributed by atoms with Crippen molar-refractivity contribution in [1.82, 2.24) is 10.3 Å². The number of pyridine rings is 1. The van der Waals surface area contributed by atoms with E-state index in [-0.39, 0.29) is 6.10 Å². The Morgan fingerprint density at radius 1 is 1.47 bits per heavy atom. The number of rotatable bonds is 8. The number of ether oxygens (including phenoxy) is 2. The van der Waals surface area contributed by atoms with Crippen molar-refractivity contribution < 1.29 is 9.47 Å². The van der Waals surface area contributed by atoms with E-state index in [1.807, 2.05) is 19.1 Å². The van der Waals surface area contributed by atoms with Gasteiger partial charge in [0.05, 0.1) is 12.3 Å². The Hall–Kier alpha value is -1.13. The summed E-state index contributed by atoms with van der Waals surface area (Å²) in [5, 5.41) is 3.31. The Labute approximate surface area is 103 Å². The number of hydrogen-bond acceptors (Lipinski definition) is 4. The minimum absolute atomic E-state index is 0.0545. The van der Waals surface area contributed by atoms with Crippen LogP contribution in [0.3, 0.4) is 0 Å². The smallest absolute Gasteiger partial charge is 0.123 e. The monoisotopic (exact) mass is 238 g/mol. The third kappa shape index (κ3) is 5.65. The predicted molar refractivity (Wildman–Crippen MR) is 68.2 cm³/mol. The summed E-state index contributed by atoms with van der Waals surface area (Å²) in [6.07, 6.45) is 2.96. The predicted octanol–water partition coefficient (Wildman–Crippen LogP) is 1.99. The number of methoxy groups -OCH3 is 1. The van der Waals surface area contributed by atoms with Gasteiger partial charge in [-0.1, -0.05) is 6.92 Å². The molecule has 1 unspecified atom stereocenters. The SMILES string of the molecule is CCCNCc1cc(OC(C)COC)ccn1. The summed E-state index contributed by atoms with van der Waals surface area (Å²) >= 11 is 0. The van der Waals surface area contributed by atoms with Crippen LogP contribution < -0.4 is 10.1 Å². The zero-order chi connectivity index (χ0) is 12.5. The van der Waals surface area contributed by atoms with Gasteiger partial charge in [0.1, 0.15) is 11.9 Å². The first-order valence-electron chi connectivity index (χ1n) is 6.07. The van der Waals surface area contributed by atoms with E-state index < -0.39 is 0 Å². The first-order valence-corrected chi connectivity index (χ1v) is 6.07. The summed E-state index contributed by atoms with van der Waals surface area (Å²) < 4.78 is 10.7. The van der Waals surface area contributed by atoms with Crippen molar-refractivity contribution in [3.63, 3.8) is 0 Å². The molecule has 1 N–H and O–H groups in total. The van der Waals surface area contributed by atoms with Gasteiger partial charge < -0.3 is 14.8 Å². The molecule has 96 valence electrons. The Morgan fingerprint density at radius 2 is 2.29 bits per heavy atom. The van der Waals surface area contributed by atoms with E-state index in [0.29, 0.717) is 6.61 Å². The average molecular weight is 238 g/mol. The fraction of sp³-hybridized carbons (Fsp3) is 0.615. The molecule has 0 aromatic carbocycles. The van der Waals surface area contributed by atoms with Gasteiger partial charge in [0.15, 0.2) is 0 Å². The highest BCUT2D eigenvalue weighted by Gasteiger charge is 2.04. The molecule has 0 amide bonds. The van der Waals surface area contributed by atoms with Gasteiger partial charge >= 0.3 is 0 Å². The standard InChI is InChI=1S/C13H22N2O2/c1-4-6-14-9-12-8-13(5-7-15-12)17-11(2)10-16-3/h5,7-8,11,14H,4,6,9-10H2,1-3H3. The van der Waals surface area contributed by atoms with Crippen molar-refractivity contribution in [2.45, 2.75) is 32.9 Å². The first-order chi connectivity index (χ1) is 8.26. The van der Waals surface area contributed by atoms with Gasteiger partial charge in [-0.3, -0.25) is 4.98 Å². The summed E-state index contributed by atoms with van der Waals surface area (Å²) in [5.74, 6) is 0.845. The highest BCUT2D eigenvalue weighted by molar-refractivity contribution is 5.22. The Kier molecular flexibility index (Phi) is 6.58. The molecule has 1 atom stereocenters. The lowest BCUT2D eigenvalue weighted by atomic mass is 10.3. The maximum absolute atomic E-state index is 5.71. The van der Waals surface area contributed by atoms with Crippen molar-refractivity contribution >= 4 is 0 Å². The maximum atomic E-state index is 5.71. The fourth-order valence-corrected chi connectivity index (χ4v) is 1.52. The Balaban J connectivity index is 2.47. The lowest BCUT2D eigenvalue weighted by molar-refractivity contribution is 0.0919. The van der Waals surface area contributed by atoms with Crippen LogP contribution in [-0.2, 0) is 11.3 Å². The summed E-state index contributed by atoms with van der Waals surface area (Å²) in [6.45, 7) is 6.51. The molecule has 4 nitrogen and oxygen atoms in total. The number of aromatic nitrogens is 1. The molecule has 1 rings (SSSR count). The van der Waals surface area contributed by atoms with Crippen LogP contribution in [0.1, 0.15) is 26.0 Å². The minimum Gasteiger partial charge on any atom is -0.488 e. The first kappa shape index (κ1) is 13.9. The average Bonchev–Trinajstić information content (AvgIpc) is 2.30. The third-order valence-electron chi connectivity index (χ3n) is 2.26. The number of hydrogen-bond donors (Lipinski definition) is 1. The molecule has 1 heterocycles. The van der Waals surface area contributed by atoms with E-state index in [1.54, 1.807) is 13.3 Å². The van der Waals surface area contributed by atoms with E-state index in [9.17, 15) is 0 Å². The van der Waals surface area contributed by atoms with Crippen LogP contribution in [0.25, 0.3) is 0 Å². The second-order valence-corrected chi connectivity index (χ2v) is 4.04. The minimum atomic E-state index is 0.0545.